The Hall–Kier alpha value is -2.32. The number of fused-ring (bicyclic) bond motifs is 1. The third kappa shape index (κ3) is 5.92. The predicted octanol–water partition coefficient (Wildman–Crippen LogP) is 6.35. The van der Waals surface area contributed by atoms with Crippen LogP contribution in [0.2, 0.25) is 18.1 Å². The van der Waals surface area contributed by atoms with Gasteiger partial charge >= 0.3 is 6.09 Å². The number of para-hydroxylation sites is 1. The Morgan fingerprint density at radius 1 is 0.923 bits per heavy atom. The van der Waals surface area contributed by atoms with Crippen LogP contribution in [0.1, 0.15) is 85.1 Å². The van der Waals surface area contributed by atoms with E-state index in [1.165, 1.54) is 0 Å². The molecule has 1 saturated heterocycles. The van der Waals surface area contributed by atoms with Crippen molar-refractivity contribution in [2.75, 3.05) is 26.2 Å². The van der Waals surface area contributed by atoms with Crippen LogP contribution in [0, 0.1) is 0 Å². The first kappa shape index (κ1) is 29.7. The number of ether oxygens (including phenoxy) is 1. The number of amides is 2. The second kappa shape index (κ2) is 10.6. The first-order valence-corrected chi connectivity index (χ1v) is 17.6. The number of piperazine rings is 1. The molecule has 1 aromatic carbocycles. The Morgan fingerprint density at radius 2 is 1.49 bits per heavy atom. The van der Waals surface area contributed by atoms with Gasteiger partial charge in [-0.3, -0.25) is 4.79 Å². The van der Waals surface area contributed by atoms with E-state index in [9.17, 15) is 14.7 Å². The zero-order valence-electron chi connectivity index (χ0n) is 25.3. The number of hydrogen-bond donors (Lipinski definition) is 1. The maximum Gasteiger partial charge on any atom is 0.410 e. The van der Waals surface area contributed by atoms with Crippen molar-refractivity contribution in [1.82, 2.24) is 14.0 Å². The van der Waals surface area contributed by atoms with Crippen molar-refractivity contribution in [2.24, 2.45) is 0 Å². The van der Waals surface area contributed by atoms with E-state index in [0.29, 0.717) is 39.0 Å². The summed E-state index contributed by atoms with van der Waals surface area (Å²) < 4.78 is 8.00. The molecular formula is C31H49N3O4Si. The fourth-order valence-electron chi connectivity index (χ4n) is 5.98. The summed E-state index contributed by atoms with van der Waals surface area (Å²) in [5.41, 5.74) is 0.447. The lowest BCUT2D eigenvalue weighted by atomic mass is 9.72. The number of carbonyl (C=O) groups is 2. The lowest BCUT2D eigenvalue weighted by molar-refractivity contribution is -0.143. The van der Waals surface area contributed by atoms with Gasteiger partial charge in [0.2, 0.25) is 5.91 Å². The molecule has 1 unspecified atom stereocenters. The highest BCUT2D eigenvalue weighted by molar-refractivity contribution is 6.79. The Balaban J connectivity index is 1.72. The molecule has 2 aliphatic rings. The fourth-order valence-corrected chi connectivity index (χ4v) is 7.97. The summed E-state index contributed by atoms with van der Waals surface area (Å²) in [5, 5.41) is 13.3. The molecule has 2 heterocycles. The van der Waals surface area contributed by atoms with Crippen molar-refractivity contribution in [3.8, 4) is 0 Å². The predicted molar refractivity (Wildman–Crippen MR) is 160 cm³/mol. The molecule has 7 nitrogen and oxygen atoms in total. The number of hydrogen-bond acceptors (Lipinski definition) is 4. The molecule has 1 atom stereocenters. The van der Waals surface area contributed by atoms with Crippen LogP contribution in [-0.2, 0) is 9.53 Å². The van der Waals surface area contributed by atoms with Gasteiger partial charge in [0.15, 0.2) is 8.24 Å². The minimum absolute atomic E-state index is 0.0265. The van der Waals surface area contributed by atoms with E-state index >= 15 is 0 Å². The highest BCUT2D eigenvalue weighted by atomic mass is 28.3. The van der Waals surface area contributed by atoms with Gasteiger partial charge in [-0.05, 0) is 50.3 Å². The molecule has 0 radical (unpaired) electrons. The normalized spacial score (nSPS) is 19.7. The van der Waals surface area contributed by atoms with Crippen molar-refractivity contribution in [2.45, 2.75) is 109 Å². The molecular weight excluding hydrogens is 506 g/mol. The summed E-state index contributed by atoms with van der Waals surface area (Å²) in [5.74, 6) is -0.664. The number of benzene rings is 1. The molecule has 1 N–H and O–H groups in total. The topological polar surface area (TPSA) is 75.0 Å². The van der Waals surface area contributed by atoms with Gasteiger partial charge < -0.3 is 23.9 Å². The third-order valence-corrected chi connectivity index (χ3v) is 14.5. The van der Waals surface area contributed by atoms with Crippen LogP contribution in [0.4, 0.5) is 4.79 Å². The van der Waals surface area contributed by atoms with E-state index in [0.717, 1.165) is 35.7 Å². The maximum atomic E-state index is 14.4. The van der Waals surface area contributed by atoms with Crippen LogP contribution in [-0.4, -0.2) is 76.8 Å². The van der Waals surface area contributed by atoms with Gasteiger partial charge in [0.05, 0.1) is 11.5 Å². The van der Waals surface area contributed by atoms with Crippen molar-refractivity contribution in [1.29, 1.82) is 0 Å². The van der Waals surface area contributed by atoms with Gasteiger partial charge in [-0.2, -0.15) is 0 Å². The molecule has 2 amide bonds. The summed E-state index contributed by atoms with van der Waals surface area (Å²) in [4.78, 5) is 30.6. The number of carbonyl (C=O) groups excluding carboxylic acids is 2. The van der Waals surface area contributed by atoms with Crippen molar-refractivity contribution < 1.29 is 19.4 Å². The molecule has 8 heteroatoms. The Bertz CT molecular complexity index is 1190. The fraction of sp³-hybridized carbons (Fsp3) is 0.677. The van der Waals surface area contributed by atoms with Gasteiger partial charge in [0.1, 0.15) is 5.60 Å². The summed E-state index contributed by atoms with van der Waals surface area (Å²) in [6.07, 6.45) is 6.05. The Labute approximate surface area is 235 Å². The van der Waals surface area contributed by atoms with E-state index in [2.05, 4.69) is 62.5 Å². The summed E-state index contributed by atoms with van der Waals surface area (Å²) in [6.45, 7) is 19.0. The smallest absolute Gasteiger partial charge is 0.410 e. The van der Waals surface area contributed by atoms with Crippen molar-refractivity contribution in [3.63, 3.8) is 0 Å². The van der Waals surface area contributed by atoms with Crippen molar-refractivity contribution in [3.05, 3.63) is 36.0 Å². The number of aliphatic hydroxyl groups is 1. The van der Waals surface area contributed by atoms with Gasteiger partial charge in [0, 0.05) is 43.3 Å². The second-order valence-electron chi connectivity index (χ2n) is 14.2. The summed E-state index contributed by atoms with van der Waals surface area (Å²) in [7, 11) is -2.01. The largest absolute Gasteiger partial charge is 0.444 e. The SMILES string of the molecule is CC(C)(C)OC(=O)N1CCN(C(=O)C(c2cn([Si](C)(C)C(C)(C)C)c3ccccc23)C2(O)CCCCC2)CC1. The monoisotopic (exact) mass is 555 g/mol. The standard InChI is InChI=1S/C31H49N3O4Si/c1-29(2,3)38-28(36)33-20-18-32(19-21-33)27(35)26(31(37)16-12-9-13-17-31)24-22-34(39(7,8)30(4,5)6)25-15-11-10-14-23(24)25/h10-11,14-15,22,26,37H,9,12-13,16-21H2,1-8H3. The van der Waals surface area contributed by atoms with E-state index in [4.69, 9.17) is 4.74 Å². The van der Waals surface area contributed by atoms with Crippen LogP contribution in [0.5, 0.6) is 0 Å². The number of nitrogens with zero attached hydrogens (tertiary/aromatic N) is 3. The quantitative estimate of drug-likeness (QED) is 0.446. The highest BCUT2D eigenvalue weighted by Crippen LogP contribution is 2.46. The molecule has 1 aliphatic heterocycles. The van der Waals surface area contributed by atoms with E-state index < -0.39 is 25.4 Å². The molecule has 2 fully saturated rings. The lowest BCUT2D eigenvalue weighted by Crippen LogP contribution is -2.55. The first-order chi connectivity index (χ1) is 18.1. The van der Waals surface area contributed by atoms with E-state index in [-0.39, 0.29) is 17.0 Å². The van der Waals surface area contributed by atoms with Crippen LogP contribution in [0.25, 0.3) is 10.9 Å². The summed E-state index contributed by atoms with van der Waals surface area (Å²) >= 11 is 0. The first-order valence-electron chi connectivity index (χ1n) is 14.6. The van der Waals surface area contributed by atoms with Crippen LogP contribution in [0.3, 0.4) is 0 Å². The van der Waals surface area contributed by atoms with Gasteiger partial charge in [-0.15, -0.1) is 0 Å². The Kier molecular flexibility index (Phi) is 8.05. The van der Waals surface area contributed by atoms with E-state index in [1.54, 1.807) is 4.90 Å². The second-order valence-corrected chi connectivity index (χ2v) is 19.3. The summed E-state index contributed by atoms with van der Waals surface area (Å²) in [6, 6.07) is 8.37. The van der Waals surface area contributed by atoms with Crippen LogP contribution in [0.15, 0.2) is 30.5 Å². The Morgan fingerprint density at radius 3 is 2.05 bits per heavy atom. The van der Waals surface area contributed by atoms with Gasteiger partial charge in [0.25, 0.3) is 0 Å². The highest BCUT2D eigenvalue weighted by Gasteiger charge is 2.47. The maximum absolute atomic E-state index is 14.4. The number of rotatable bonds is 4. The van der Waals surface area contributed by atoms with Gasteiger partial charge in [-0.1, -0.05) is 71.3 Å². The average molecular weight is 556 g/mol. The third-order valence-electron chi connectivity index (χ3n) is 9.24. The molecule has 0 spiro atoms. The zero-order chi connectivity index (χ0) is 28.8. The average Bonchev–Trinajstić information content (AvgIpc) is 3.22. The molecule has 39 heavy (non-hydrogen) atoms. The van der Waals surface area contributed by atoms with Crippen molar-refractivity contribution >= 4 is 31.1 Å². The molecule has 216 valence electrons. The van der Waals surface area contributed by atoms with Crippen LogP contribution >= 0.6 is 0 Å². The minimum Gasteiger partial charge on any atom is -0.444 e. The molecule has 0 bridgehead atoms. The molecule has 2 aromatic rings. The zero-order valence-corrected chi connectivity index (χ0v) is 26.3. The lowest BCUT2D eigenvalue weighted by Gasteiger charge is -2.43. The molecule has 1 aromatic heterocycles. The van der Waals surface area contributed by atoms with Gasteiger partial charge in [-0.25, -0.2) is 4.79 Å². The number of aromatic nitrogens is 1. The van der Waals surface area contributed by atoms with E-state index in [1.807, 2.05) is 31.7 Å². The minimum atomic E-state index is -2.01. The molecule has 1 saturated carbocycles. The molecule has 1 aliphatic carbocycles. The molecule has 4 rings (SSSR count). The van der Waals surface area contributed by atoms with Crippen LogP contribution < -0.4 is 0 Å².